The quantitative estimate of drug-likeness (QED) is 0.840. The van der Waals surface area contributed by atoms with Crippen LogP contribution < -0.4 is 5.32 Å². The molecule has 2 aromatic heterocycles. The number of nitrogens with one attached hydrogen (secondary N) is 2. The van der Waals surface area contributed by atoms with Crippen molar-refractivity contribution in [3.63, 3.8) is 0 Å². The van der Waals surface area contributed by atoms with Crippen molar-refractivity contribution in [1.82, 2.24) is 20.1 Å². The van der Waals surface area contributed by atoms with E-state index in [1.54, 1.807) is 6.20 Å². The van der Waals surface area contributed by atoms with Gasteiger partial charge in [0.05, 0.1) is 29.8 Å². The van der Waals surface area contributed by atoms with E-state index < -0.39 is 0 Å². The van der Waals surface area contributed by atoms with E-state index in [0.717, 1.165) is 86.9 Å². The van der Waals surface area contributed by atoms with E-state index >= 15 is 0 Å². The molecule has 146 valence electrons. The fraction of sp³-hybridized carbons (Fsp3) is 0.650. The fourth-order valence-corrected chi connectivity index (χ4v) is 4.36. The molecule has 2 aromatic rings. The molecule has 0 bridgehead atoms. The molecule has 0 aromatic carbocycles. The second-order valence-corrected chi connectivity index (χ2v) is 7.99. The molecule has 1 saturated carbocycles. The normalized spacial score (nSPS) is 21.6. The topological polar surface area (TPSA) is 87.0 Å². The van der Waals surface area contributed by atoms with Crippen LogP contribution >= 0.6 is 0 Å². The summed E-state index contributed by atoms with van der Waals surface area (Å²) >= 11 is 0. The Morgan fingerprint density at radius 1 is 1.30 bits per heavy atom. The summed E-state index contributed by atoms with van der Waals surface area (Å²) in [5, 5.41) is 10.5. The van der Waals surface area contributed by atoms with Crippen LogP contribution in [-0.2, 0) is 11.3 Å². The molecule has 27 heavy (non-hydrogen) atoms. The van der Waals surface area contributed by atoms with Crippen LogP contribution in [0.1, 0.15) is 67.5 Å². The number of aromatic nitrogens is 3. The first-order valence-electron chi connectivity index (χ1n) is 10.1. The molecule has 0 radical (unpaired) electrons. The molecule has 1 unspecified atom stereocenters. The minimum atomic E-state index is 0.147. The maximum Gasteiger partial charge on any atom is 0.227 e. The first kappa shape index (κ1) is 18.2. The van der Waals surface area contributed by atoms with Crippen LogP contribution in [0.25, 0.3) is 0 Å². The zero-order valence-corrected chi connectivity index (χ0v) is 16.3. The number of aryl methyl sites for hydroxylation is 2. The molecule has 0 spiro atoms. The molecule has 2 aliphatic rings. The minimum Gasteiger partial charge on any atom is -0.444 e. The van der Waals surface area contributed by atoms with Crippen LogP contribution in [-0.4, -0.2) is 39.1 Å². The number of carbonyl (C=O) groups excluding carboxylic acids is 1. The van der Waals surface area contributed by atoms with Gasteiger partial charge < -0.3 is 9.73 Å². The highest BCUT2D eigenvalue weighted by atomic mass is 16.4. The van der Waals surface area contributed by atoms with Crippen molar-refractivity contribution in [3.05, 3.63) is 29.2 Å². The summed E-state index contributed by atoms with van der Waals surface area (Å²) in [7, 11) is 0. The van der Waals surface area contributed by atoms with Gasteiger partial charge in [-0.05, 0) is 46.1 Å². The average Bonchev–Trinajstić information content (AvgIpc) is 3.38. The van der Waals surface area contributed by atoms with E-state index in [-0.39, 0.29) is 11.8 Å². The van der Waals surface area contributed by atoms with Gasteiger partial charge in [0.2, 0.25) is 11.8 Å². The number of piperidine rings is 1. The van der Waals surface area contributed by atoms with Gasteiger partial charge in [0.15, 0.2) is 0 Å². The Morgan fingerprint density at radius 3 is 2.85 bits per heavy atom. The Labute approximate surface area is 159 Å². The molecule has 7 nitrogen and oxygen atoms in total. The number of oxazole rings is 1. The lowest BCUT2D eigenvalue weighted by atomic mass is 9.94. The predicted molar refractivity (Wildman–Crippen MR) is 102 cm³/mol. The summed E-state index contributed by atoms with van der Waals surface area (Å²) in [6, 6.07) is 0. The lowest BCUT2D eigenvalue weighted by molar-refractivity contribution is -0.119. The van der Waals surface area contributed by atoms with Crippen LogP contribution in [0.2, 0.25) is 0 Å². The van der Waals surface area contributed by atoms with E-state index in [4.69, 9.17) is 4.42 Å². The zero-order valence-electron chi connectivity index (χ0n) is 16.3. The molecule has 7 heteroatoms. The summed E-state index contributed by atoms with van der Waals surface area (Å²) in [5.74, 6) is 2.31. The maximum atomic E-state index is 12.5. The first-order chi connectivity index (χ1) is 13.1. The van der Waals surface area contributed by atoms with E-state index in [9.17, 15) is 4.79 Å². The summed E-state index contributed by atoms with van der Waals surface area (Å²) in [6.07, 6.45) is 8.28. The fourth-order valence-electron chi connectivity index (χ4n) is 4.36. The molecule has 1 saturated heterocycles. The molecule has 2 fully saturated rings. The van der Waals surface area contributed by atoms with Gasteiger partial charge in [-0.1, -0.05) is 12.8 Å². The Hall–Kier alpha value is -2.15. The molecule has 1 aliphatic carbocycles. The van der Waals surface area contributed by atoms with Crippen LogP contribution in [0.3, 0.4) is 0 Å². The monoisotopic (exact) mass is 371 g/mol. The molecule has 4 rings (SSSR count). The van der Waals surface area contributed by atoms with E-state index in [1.165, 1.54) is 0 Å². The first-order valence-corrected chi connectivity index (χ1v) is 10.1. The Balaban J connectivity index is 1.41. The van der Waals surface area contributed by atoms with E-state index in [1.807, 2.05) is 13.8 Å². The second-order valence-electron chi connectivity index (χ2n) is 7.99. The highest BCUT2D eigenvalue weighted by Crippen LogP contribution is 2.32. The third kappa shape index (κ3) is 4.08. The number of nitrogens with zero attached hydrogens (tertiary/aromatic N) is 3. The Kier molecular flexibility index (Phi) is 5.29. The molecule has 2 N–H and O–H groups in total. The van der Waals surface area contributed by atoms with Crippen molar-refractivity contribution in [3.8, 4) is 0 Å². The van der Waals surface area contributed by atoms with Crippen molar-refractivity contribution in [2.24, 2.45) is 5.92 Å². The number of anilines is 1. The molecular weight excluding hydrogens is 342 g/mol. The van der Waals surface area contributed by atoms with E-state index in [2.05, 4.69) is 25.4 Å². The van der Waals surface area contributed by atoms with Gasteiger partial charge in [-0.25, -0.2) is 4.98 Å². The second kappa shape index (κ2) is 7.84. The van der Waals surface area contributed by atoms with Gasteiger partial charge in [-0.15, -0.1) is 0 Å². The van der Waals surface area contributed by atoms with Gasteiger partial charge in [0.25, 0.3) is 0 Å². The van der Waals surface area contributed by atoms with Gasteiger partial charge in [-0.2, -0.15) is 5.10 Å². The molecule has 1 amide bonds. The van der Waals surface area contributed by atoms with Crippen LogP contribution in [0.5, 0.6) is 0 Å². The smallest absolute Gasteiger partial charge is 0.227 e. The maximum absolute atomic E-state index is 12.5. The van der Waals surface area contributed by atoms with Crippen LogP contribution in [0.4, 0.5) is 5.69 Å². The van der Waals surface area contributed by atoms with Gasteiger partial charge in [0, 0.05) is 18.4 Å². The third-order valence-corrected chi connectivity index (χ3v) is 6.00. The zero-order chi connectivity index (χ0) is 18.8. The van der Waals surface area contributed by atoms with Crippen LogP contribution in [0.15, 0.2) is 10.6 Å². The lowest BCUT2D eigenvalue weighted by Gasteiger charge is -2.31. The van der Waals surface area contributed by atoms with Crippen molar-refractivity contribution < 1.29 is 9.21 Å². The number of H-pyrrole nitrogens is 1. The summed E-state index contributed by atoms with van der Waals surface area (Å²) < 4.78 is 5.75. The number of hydrogen-bond donors (Lipinski definition) is 2. The van der Waals surface area contributed by atoms with Gasteiger partial charge in [0.1, 0.15) is 5.76 Å². The number of rotatable bonds is 5. The summed E-state index contributed by atoms with van der Waals surface area (Å²) in [5.41, 5.74) is 2.86. The SMILES string of the molecule is Cc1nc(CN2CCCC(c3[nH]ncc3NC(=O)C3CCCC3)C2)oc1C. The van der Waals surface area contributed by atoms with Crippen molar-refractivity contribution in [1.29, 1.82) is 0 Å². The highest BCUT2D eigenvalue weighted by molar-refractivity contribution is 5.93. The minimum absolute atomic E-state index is 0.147. The highest BCUT2D eigenvalue weighted by Gasteiger charge is 2.28. The predicted octanol–water partition coefficient (Wildman–Crippen LogP) is 3.52. The van der Waals surface area contributed by atoms with E-state index in [0.29, 0.717) is 5.92 Å². The summed E-state index contributed by atoms with van der Waals surface area (Å²) in [6.45, 7) is 6.60. The number of hydrogen-bond acceptors (Lipinski definition) is 5. The Morgan fingerprint density at radius 2 is 2.11 bits per heavy atom. The molecule has 1 atom stereocenters. The molecule has 3 heterocycles. The number of aromatic amines is 1. The van der Waals surface area contributed by atoms with Gasteiger partial charge >= 0.3 is 0 Å². The molecule has 1 aliphatic heterocycles. The van der Waals surface area contributed by atoms with Gasteiger partial charge in [-0.3, -0.25) is 14.8 Å². The summed E-state index contributed by atoms with van der Waals surface area (Å²) in [4.78, 5) is 19.4. The number of carbonyl (C=O) groups is 1. The largest absolute Gasteiger partial charge is 0.444 e. The Bertz CT molecular complexity index is 771. The van der Waals surface area contributed by atoms with Crippen molar-refractivity contribution >= 4 is 11.6 Å². The standard InChI is InChI=1S/C20H29N5O2/c1-13-14(2)27-18(22-13)12-25-9-5-8-16(11-25)19-17(10-21-24-19)23-20(26)15-6-3-4-7-15/h10,15-16H,3-9,11-12H2,1-2H3,(H,21,24)(H,23,26). The number of amides is 1. The van der Waals surface area contributed by atoms with Crippen molar-refractivity contribution in [2.75, 3.05) is 18.4 Å². The van der Waals surface area contributed by atoms with Crippen LogP contribution in [0, 0.1) is 19.8 Å². The average molecular weight is 371 g/mol. The third-order valence-electron chi connectivity index (χ3n) is 6.00. The number of likely N-dealkylation sites (tertiary alicyclic amines) is 1. The lowest BCUT2D eigenvalue weighted by Crippen LogP contribution is -2.34. The van der Waals surface area contributed by atoms with Crippen molar-refractivity contribution in [2.45, 2.75) is 64.8 Å². The molecular formula is C20H29N5O2.